The number of aromatic nitrogens is 2. The molecule has 6 nitrogen and oxygen atoms in total. The van der Waals surface area contributed by atoms with Crippen molar-refractivity contribution in [3.63, 3.8) is 0 Å². The van der Waals surface area contributed by atoms with Gasteiger partial charge in [-0.1, -0.05) is 6.07 Å². The topological polar surface area (TPSA) is 90.1 Å². The largest absolute Gasteiger partial charge is 0.439 e. The highest BCUT2D eigenvalue weighted by atomic mass is 19.2. The first-order valence-electron chi connectivity index (χ1n) is 7.59. The van der Waals surface area contributed by atoms with Gasteiger partial charge in [-0.05, 0) is 30.3 Å². The Balaban J connectivity index is 1.72. The lowest BCUT2D eigenvalue weighted by atomic mass is 10.2. The maximum absolute atomic E-state index is 13.3. The number of nitrogens with two attached hydrogens (primary N) is 1. The zero-order valence-electron chi connectivity index (χ0n) is 13.4. The lowest BCUT2D eigenvalue weighted by molar-refractivity contribution is 0.0950. The van der Waals surface area contributed by atoms with Crippen molar-refractivity contribution in [2.45, 2.75) is 6.54 Å². The lowest BCUT2D eigenvalue weighted by Crippen LogP contribution is -2.23. The number of nitrogens with zero attached hydrogens (tertiary/aromatic N) is 2. The van der Waals surface area contributed by atoms with Crippen molar-refractivity contribution in [3.8, 4) is 11.6 Å². The first-order valence-corrected chi connectivity index (χ1v) is 7.59. The third kappa shape index (κ3) is 4.10. The van der Waals surface area contributed by atoms with Gasteiger partial charge in [-0.3, -0.25) is 4.79 Å². The minimum atomic E-state index is -1.02. The number of ether oxygens (including phenoxy) is 1. The van der Waals surface area contributed by atoms with Crippen molar-refractivity contribution in [3.05, 3.63) is 77.6 Å². The summed E-state index contributed by atoms with van der Waals surface area (Å²) in [4.78, 5) is 20.1. The van der Waals surface area contributed by atoms with Gasteiger partial charge < -0.3 is 15.8 Å². The first-order chi connectivity index (χ1) is 12.5. The SMILES string of the molecule is Nc1cc(C(=O)NCc2cccnc2Oc2ccc(F)c(F)c2)ccn1. The van der Waals surface area contributed by atoms with Crippen LogP contribution in [0.4, 0.5) is 14.6 Å². The van der Waals surface area contributed by atoms with Crippen LogP contribution in [0.15, 0.2) is 54.9 Å². The van der Waals surface area contributed by atoms with Gasteiger partial charge in [0.05, 0.1) is 0 Å². The Morgan fingerprint density at radius 2 is 1.92 bits per heavy atom. The number of amides is 1. The predicted molar refractivity (Wildman–Crippen MR) is 90.5 cm³/mol. The van der Waals surface area contributed by atoms with Crippen molar-refractivity contribution < 1.29 is 18.3 Å². The van der Waals surface area contributed by atoms with Crippen LogP contribution in [0, 0.1) is 11.6 Å². The molecular weight excluding hydrogens is 342 g/mol. The molecule has 1 amide bonds. The molecule has 26 heavy (non-hydrogen) atoms. The fourth-order valence-electron chi connectivity index (χ4n) is 2.17. The number of nitrogens with one attached hydrogen (secondary N) is 1. The van der Waals surface area contributed by atoms with E-state index in [-0.39, 0.29) is 29.9 Å². The summed E-state index contributed by atoms with van der Waals surface area (Å²) < 4.78 is 31.8. The first kappa shape index (κ1) is 17.3. The molecule has 8 heteroatoms. The van der Waals surface area contributed by atoms with Gasteiger partial charge in [0.25, 0.3) is 5.91 Å². The second kappa shape index (κ2) is 7.56. The second-order valence-corrected chi connectivity index (χ2v) is 5.30. The summed E-state index contributed by atoms with van der Waals surface area (Å²) in [6.07, 6.45) is 2.93. The van der Waals surface area contributed by atoms with E-state index in [4.69, 9.17) is 10.5 Å². The average molecular weight is 356 g/mol. The Kier molecular flexibility index (Phi) is 5.02. The Morgan fingerprint density at radius 3 is 2.69 bits per heavy atom. The van der Waals surface area contributed by atoms with Gasteiger partial charge >= 0.3 is 0 Å². The van der Waals surface area contributed by atoms with Crippen LogP contribution in [0.1, 0.15) is 15.9 Å². The fourth-order valence-corrected chi connectivity index (χ4v) is 2.17. The van der Waals surface area contributed by atoms with Gasteiger partial charge in [0.1, 0.15) is 11.6 Å². The summed E-state index contributed by atoms with van der Waals surface area (Å²) in [7, 11) is 0. The summed E-state index contributed by atoms with van der Waals surface area (Å²) >= 11 is 0. The molecule has 132 valence electrons. The highest BCUT2D eigenvalue weighted by molar-refractivity contribution is 5.94. The van der Waals surface area contributed by atoms with E-state index >= 15 is 0 Å². The van der Waals surface area contributed by atoms with Crippen LogP contribution in [0.3, 0.4) is 0 Å². The molecule has 0 radical (unpaired) electrons. The van der Waals surface area contributed by atoms with E-state index in [0.717, 1.165) is 12.1 Å². The van der Waals surface area contributed by atoms with Crippen LogP contribution in [-0.4, -0.2) is 15.9 Å². The molecule has 0 saturated carbocycles. The summed E-state index contributed by atoms with van der Waals surface area (Å²) in [6.45, 7) is 0.119. The number of carbonyl (C=O) groups is 1. The maximum Gasteiger partial charge on any atom is 0.251 e. The van der Waals surface area contributed by atoms with E-state index in [0.29, 0.717) is 11.1 Å². The molecule has 2 heterocycles. The maximum atomic E-state index is 13.3. The number of nitrogen functional groups attached to an aromatic ring is 1. The molecule has 0 saturated heterocycles. The molecule has 0 aliphatic heterocycles. The Hall–Kier alpha value is -3.55. The second-order valence-electron chi connectivity index (χ2n) is 5.30. The van der Waals surface area contributed by atoms with Crippen molar-refractivity contribution >= 4 is 11.7 Å². The number of pyridine rings is 2. The summed E-state index contributed by atoms with van der Waals surface area (Å²) in [6, 6.07) is 9.53. The normalized spacial score (nSPS) is 10.4. The Bertz CT molecular complexity index is 950. The fraction of sp³-hybridized carbons (Fsp3) is 0.0556. The Labute approximate surface area is 147 Å². The number of carbonyl (C=O) groups excluding carboxylic acids is 1. The molecule has 0 spiro atoms. The smallest absolute Gasteiger partial charge is 0.251 e. The van der Waals surface area contributed by atoms with Crippen molar-refractivity contribution in [2.24, 2.45) is 0 Å². The third-order valence-electron chi connectivity index (χ3n) is 3.44. The highest BCUT2D eigenvalue weighted by Crippen LogP contribution is 2.24. The summed E-state index contributed by atoms with van der Waals surface area (Å²) in [5.41, 5.74) is 6.49. The number of hydrogen-bond donors (Lipinski definition) is 2. The molecule has 1 aromatic carbocycles. The number of hydrogen-bond acceptors (Lipinski definition) is 5. The van der Waals surface area contributed by atoms with E-state index < -0.39 is 11.6 Å². The minimum Gasteiger partial charge on any atom is -0.439 e. The van der Waals surface area contributed by atoms with E-state index in [1.54, 1.807) is 12.1 Å². The number of anilines is 1. The molecule has 3 rings (SSSR count). The molecule has 3 aromatic rings. The summed E-state index contributed by atoms with van der Waals surface area (Å²) in [5, 5.41) is 2.71. The molecule has 0 bridgehead atoms. The Morgan fingerprint density at radius 1 is 1.08 bits per heavy atom. The van der Waals surface area contributed by atoms with Gasteiger partial charge in [0, 0.05) is 36.1 Å². The average Bonchev–Trinajstić information content (AvgIpc) is 2.64. The molecule has 3 N–H and O–H groups in total. The molecule has 0 unspecified atom stereocenters. The van der Waals surface area contributed by atoms with Gasteiger partial charge in [0.2, 0.25) is 5.88 Å². The molecule has 0 atom stereocenters. The van der Waals surface area contributed by atoms with E-state index in [1.807, 2.05) is 0 Å². The zero-order chi connectivity index (χ0) is 18.5. The molecule has 0 fully saturated rings. The van der Waals surface area contributed by atoms with Crippen LogP contribution in [0.2, 0.25) is 0 Å². The number of halogens is 2. The van der Waals surface area contributed by atoms with E-state index in [1.165, 1.54) is 30.6 Å². The van der Waals surface area contributed by atoms with Gasteiger partial charge in [-0.2, -0.15) is 0 Å². The quantitative estimate of drug-likeness (QED) is 0.733. The van der Waals surface area contributed by atoms with Crippen LogP contribution < -0.4 is 15.8 Å². The third-order valence-corrected chi connectivity index (χ3v) is 3.44. The van der Waals surface area contributed by atoms with Gasteiger partial charge in [0.15, 0.2) is 11.6 Å². The van der Waals surface area contributed by atoms with Crippen LogP contribution in [0.25, 0.3) is 0 Å². The van der Waals surface area contributed by atoms with Crippen LogP contribution >= 0.6 is 0 Å². The van der Waals surface area contributed by atoms with Crippen LogP contribution in [0.5, 0.6) is 11.6 Å². The summed E-state index contributed by atoms with van der Waals surface area (Å²) in [5.74, 6) is -1.83. The van der Waals surface area contributed by atoms with Crippen molar-refractivity contribution in [1.29, 1.82) is 0 Å². The van der Waals surface area contributed by atoms with E-state index in [9.17, 15) is 13.6 Å². The predicted octanol–water partition coefficient (Wildman–Crippen LogP) is 3.06. The minimum absolute atomic E-state index is 0.0945. The lowest BCUT2D eigenvalue weighted by Gasteiger charge is -2.11. The molecule has 0 aliphatic carbocycles. The number of benzene rings is 1. The monoisotopic (exact) mass is 356 g/mol. The van der Waals surface area contributed by atoms with Gasteiger partial charge in [-0.15, -0.1) is 0 Å². The van der Waals surface area contributed by atoms with Gasteiger partial charge in [-0.25, -0.2) is 18.7 Å². The zero-order valence-corrected chi connectivity index (χ0v) is 13.4. The molecule has 2 aromatic heterocycles. The van der Waals surface area contributed by atoms with Crippen molar-refractivity contribution in [2.75, 3.05) is 5.73 Å². The number of rotatable bonds is 5. The van der Waals surface area contributed by atoms with Crippen molar-refractivity contribution in [1.82, 2.24) is 15.3 Å². The van der Waals surface area contributed by atoms with E-state index in [2.05, 4.69) is 15.3 Å². The molecule has 0 aliphatic rings. The highest BCUT2D eigenvalue weighted by Gasteiger charge is 2.11. The van der Waals surface area contributed by atoms with Crippen LogP contribution in [-0.2, 0) is 6.54 Å². The standard InChI is InChI=1S/C18H14F2N4O2/c19-14-4-3-13(9-15(14)20)26-18-12(2-1-6-23-18)10-24-17(25)11-5-7-22-16(21)8-11/h1-9H,10H2,(H2,21,22)(H,24,25). The molecular formula is C18H14F2N4O2.